The number of aliphatic hydroxyl groups is 1. The van der Waals surface area contributed by atoms with Crippen molar-refractivity contribution in [3.8, 4) is 5.75 Å². The van der Waals surface area contributed by atoms with Crippen LogP contribution in [0, 0.1) is 0 Å². The third kappa shape index (κ3) is 4.55. The average Bonchev–Trinajstić information content (AvgIpc) is 2.41. The molecule has 1 unspecified atom stereocenters. The van der Waals surface area contributed by atoms with Crippen LogP contribution in [0.4, 0.5) is 0 Å². The molecule has 0 radical (unpaired) electrons. The average molecular weight is 350 g/mol. The van der Waals surface area contributed by atoms with Crippen LogP contribution in [-0.2, 0) is 12.0 Å². The zero-order valence-corrected chi connectivity index (χ0v) is 14.1. The molecule has 2 aromatic rings. The van der Waals surface area contributed by atoms with Gasteiger partial charge in [0.05, 0.1) is 17.9 Å². The third-order valence-corrected chi connectivity index (χ3v) is 3.70. The van der Waals surface area contributed by atoms with E-state index < -0.39 is 5.60 Å². The molecule has 0 fully saturated rings. The van der Waals surface area contributed by atoms with Crippen LogP contribution in [-0.4, -0.2) is 16.2 Å². The van der Waals surface area contributed by atoms with Gasteiger partial charge in [-0.2, -0.15) is 0 Å². The van der Waals surface area contributed by atoms with Gasteiger partial charge in [-0.1, -0.05) is 28.1 Å². The molecule has 0 aliphatic carbocycles. The maximum atomic E-state index is 10.8. The molecule has 0 spiro atoms. The molecular weight excluding hydrogens is 330 g/mol. The first-order valence-electron chi connectivity index (χ1n) is 6.96. The molecule has 112 valence electrons. The van der Waals surface area contributed by atoms with Crippen LogP contribution in [0.5, 0.6) is 5.75 Å². The van der Waals surface area contributed by atoms with Crippen LogP contribution >= 0.6 is 15.9 Å². The Balaban J connectivity index is 2.20. The number of halogens is 1. The van der Waals surface area contributed by atoms with Gasteiger partial charge in [0.1, 0.15) is 5.75 Å². The Morgan fingerprint density at radius 1 is 1.24 bits per heavy atom. The Bertz CT molecular complexity index is 594. The van der Waals surface area contributed by atoms with Crippen LogP contribution in [0.25, 0.3) is 0 Å². The van der Waals surface area contributed by atoms with Crippen molar-refractivity contribution in [2.75, 3.05) is 0 Å². The van der Waals surface area contributed by atoms with Crippen LogP contribution in [0.15, 0.2) is 47.2 Å². The van der Waals surface area contributed by atoms with E-state index in [1.807, 2.05) is 44.2 Å². The molecule has 1 N–H and O–H groups in total. The molecule has 0 bridgehead atoms. The number of nitrogens with zero attached hydrogens (tertiary/aromatic N) is 1. The fourth-order valence-corrected chi connectivity index (χ4v) is 2.42. The van der Waals surface area contributed by atoms with Crippen molar-refractivity contribution in [3.63, 3.8) is 0 Å². The molecule has 21 heavy (non-hydrogen) atoms. The summed E-state index contributed by atoms with van der Waals surface area (Å²) < 4.78 is 6.66. The topological polar surface area (TPSA) is 42.4 Å². The monoisotopic (exact) mass is 349 g/mol. The lowest BCUT2D eigenvalue weighted by Gasteiger charge is -2.24. The zero-order valence-electron chi connectivity index (χ0n) is 12.5. The quantitative estimate of drug-likeness (QED) is 0.884. The molecule has 1 aromatic heterocycles. The molecule has 0 aliphatic rings. The molecule has 1 aromatic carbocycles. The Kier molecular flexibility index (Phi) is 5.01. The van der Waals surface area contributed by atoms with E-state index in [-0.39, 0.29) is 6.10 Å². The number of aromatic nitrogens is 1. The molecule has 4 heteroatoms. The fourth-order valence-electron chi connectivity index (χ4n) is 2.15. The summed E-state index contributed by atoms with van der Waals surface area (Å²) in [6.45, 7) is 5.73. The van der Waals surface area contributed by atoms with Gasteiger partial charge >= 0.3 is 0 Å². The van der Waals surface area contributed by atoms with E-state index in [4.69, 9.17) is 4.74 Å². The summed E-state index contributed by atoms with van der Waals surface area (Å²) >= 11 is 3.41. The van der Waals surface area contributed by atoms with Gasteiger partial charge in [0.25, 0.3) is 0 Å². The maximum absolute atomic E-state index is 10.8. The predicted molar refractivity (Wildman–Crippen MR) is 87.4 cm³/mol. The second kappa shape index (κ2) is 6.58. The van der Waals surface area contributed by atoms with E-state index in [1.54, 1.807) is 19.3 Å². The molecule has 0 aliphatic heterocycles. The number of benzene rings is 1. The van der Waals surface area contributed by atoms with Gasteiger partial charge in [0, 0.05) is 22.7 Å². The minimum atomic E-state index is -0.989. The van der Waals surface area contributed by atoms with E-state index in [2.05, 4.69) is 20.9 Å². The Morgan fingerprint density at radius 3 is 2.52 bits per heavy atom. The number of rotatable bonds is 5. The number of ether oxygens (including phenoxy) is 1. The van der Waals surface area contributed by atoms with Gasteiger partial charge in [0.15, 0.2) is 0 Å². The highest BCUT2D eigenvalue weighted by Crippen LogP contribution is 2.28. The van der Waals surface area contributed by atoms with Crippen molar-refractivity contribution in [3.05, 3.63) is 58.3 Å². The van der Waals surface area contributed by atoms with Crippen LogP contribution in [0.1, 0.15) is 31.9 Å². The Morgan fingerprint density at radius 2 is 1.90 bits per heavy atom. The van der Waals surface area contributed by atoms with Gasteiger partial charge in [-0.05, 0) is 44.5 Å². The van der Waals surface area contributed by atoms with E-state index in [0.717, 1.165) is 15.6 Å². The summed E-state index contributed by atoms with van der Waals surface area (Å²) in [4.78, 5) is 4.17. The molecule has 3 nitrogen and oxygen atoms in total. The predicted octanol–water partition coefficient (Wildman–Crippen LogP) is 4.08. The summed E-state index contributed by atoms with van der Waals surface area (Å²) in [5.74, 6) is 0.679. The highest BCUT2D eigenvalue weighted by Gasteiger charge is 2.24. The SMILES string of the molecule is CC(C)Oc1cncc(C(C)(O)Cc2ccc(Br)cc2)c1. The van der Waals surface area contributed by atoms with Crippen molar-refractivity contribution < 1.29 is 9.84 Å². The van der Waals surface area contributed by atoms with E-state index >= 15 is 0 Å². The molecule has 0 amide bonds. The van der Waals surface area contributed by atoms with E-state index in [1.165, 1.54) is 0 Å². The van der Waals surface area contributed by atoms with Gasteiger partial charge in [0.2, 0.25) is 0 Å². The zero-order chi connectivity index (χ0) is 15.5. The fraction of sp³-hybridized carbons (Fsp3) is 0.353. The molecule has 2 rings (SSSR count). The Labute approximate surface area is 134 Å². The van der Waals surface area contributed by atoms with E-state index in [0.29, 0.717) is 12.2 Å². The number of hydrogen-bond donors (Lipinski definition) is 1. The van der Waals surface area contributed by atoms with Gasteiger partial charge in [-0.25, -0.2) is 0 Å². The van der Waals surface area contributed by atoms with Crippen molar-refractivity contribution in [2.45, 2.75) is 38.9 Å². The number of hydrogen-bond acceptors (Lipinski definition) is 3. The normalized spacial score (nSPS) is 14.0. The minimum Gasteiger partial charge on any atom is -0.489 e. The first-order chi connectivity index (χ1) is 9.87. The minimum absolute atomic E-state index is 0.0819. The largest absolute Gasteiger partial charge is 0.489 e. The van der Waals surface area contributed by atoms with Gasteiger partial charge < -0.3 is 9.84 Å². The first-order valence-corrected chi connectivity index (χ1v) is 7.75. The summed E-state index contributed by atoms with van der Waals surface area (Å²) in [5, 5.41) is 10.8. The lowest BCUT2D eigenvalue weighted by Crippen LogP contribution is -2.24. The van der Waals surface area contributed by atoms with Gasteiger partial charge in [-0.3, -0.25) is 4.98 Å². The summed E-state index contributed by atoms with van der Waals surface area (Å²) in [7, 11) is 0. The van der Waals surface area contributed by atoms with Crippen LogP contribution in [0.2, 0.25) is 0 Å². The highest BCUT2D eigenvalue weighted by molar-refractivity contribution is 9.10. The molecule has 0 saturated carbocycles. The van der Waals surface area contributed by atoms with Crippen LogP contribution in [0.3, 0.4) is 0 Å². The molecule has 0 saturated heterocycles. The standard InChI is InChI=1S/C17H20BrNO2/c1-12(2)21-16-8-14(10-19-11-16)17(3,20)9-13-4-6-15(18)7-5-13/h4-8,10-12,20H,9H2,1-3H3. The highest BCUT2D eigenvalue weighted by atomic mass is 79.9. The molecule has 1 heterocycles. The summed E-state index contributed by atoms with van der Waals surface area (Å²) in [5.41, 5.74) is 0.832. The molecular formula is C17H20BrNO2. The summed E-state index contributed by atoms with van der Waals surface area (Å²) in [6.07, 6.45) is 3.96. The lowest BCUT2D eigenvalue weighted by atomic mass is 9.90. The second-order valence-electron chi connectivity index (χ2n) is 5.65. The number of pyridine rings is 1. The lowest BCUT2D eigenvalue weighted by molar-refractivity contribution is 0.0568. The second-order valence-corrected chi connectivity index (χ2v) is 6.57. The Hall–Kier alpha value is -1.39. The van der Waals surface area contributed by atoms with Gasteiger partial charge in [-0.15, -0.1) is 0 Å². The van der Waals surface area contributed by atoms with Crippen molar-refractivity contribution in [2.24, 2.45) is 0 Å². The van der Waals surface area contributed by atoms with Crippen molar-refractivity contribution >= 4 is 15.9 Å². The third-order valence-electron chi connectivity index (χ3n) is 3.17. The summed E-state index contributed by atoms with van der Waals surface area (Å²) in [6, 6.07) is 9.80. The maximum Gasteiger partial charge on any atom is 0.138 e. The molecule has 1 atom stereocenters. The van der Waals surface area contributed by atoms with E-state index in [9.17, 15) is 5.11 Å². The first kappa shape index (κ1) is 16.0. The van der Waals surface area contributed by atoms with Crippen LogP contribution < -0.4 is 4.74 Å². The van der Waals surface area contributed by atoms with Crippen molar-refractivity contribution in [1.29, 1.82) is 0 Å². The smallest absolute Gasteiger partial charge is 0.138 e. The van der Waals surface area contributed by atoms with Crippen molar-refractivity contribution in [1.82, 2.24) is 4.98 Å².